The first-order valence-electron chi connectivity index (χ1n) is 4.82. The number of aryl methyl sites for hydroxylation is 2. The molecule has 3 nitrogen and oxygen atoms in total. The average Bonchev–Trinajstić information content (AvgIpc) is 2.17. The number of hydrogen-bond donors (Lipinski definition) is 2. The number of aliphatic hydroxyl groups excluding tert-OH is 1. The Bertz CT molecular complexity index is 506. The van der Waals surface area contributed by atoms with Gasteiger partial charge in [0.25, 0.3) is 0 Å². The fraction of sp³-hybridized carbons (Fsp3) is 0.250. The summed E-state index contributed by atoms with van der Waals surface area (Å²) in [7, 11) is 0. The molecule has 0 aliphatic carbocycles. The average molecular weight is 203 g/mol. The van der Waals surface area contributed by atoms with Gasteiger partial charge in [-0.1, -0.05) is 11.6 Å². The smallest absolute Gasteiger partial charge is 0.179 e. The standard InChI is InChI=1S/C12H13NO2/c1-7-3-4-11-9(5-7)10(12(14)15)6-8(2)13-11/h3-6,12,14-15H,1-2H3. The molecule has 0 saturated carbocycles. The largest absolute Gasteiger partial charge is 0.364 e. The molecule has 0 amide bonds. The number of aliphatic hydroxyl groups is 2. The lowest BCUT2D eigenvalue weighted by Crippen LogP contribution is -1.99. The van der Waals surface area contributed by atoms with E-state index in [2.05, 4.69) is 4.98 Å². The first-order chi connectivity index (χ1) is 7.08. The van der Waals surface area contributed by atoms with Gasteiger partial charge in [-0.3, -0.25) is 4.98 Å². The van der Waals surface area contributed by atoms with Gasteiger partial charge in [-0.2, -0.15) is 0 Å². The monoisotopic (exact) mass is 203 g/mol. The van der Waals surface area contributed by atoms with Gasteiger partial charge in [0.2, 0.25) is 0 Å². The quantitative estimate of drug-likeness (QED) is 0.695. The van der Waals surface area contributed by atoms with Gasteiger partial charge in [-0.25, -0.2) is 0 Å². The Hall–Kier alpha value is -1.45. The third-order valence-corrected chi connectivity index (χ3v) is 2.40. The molecule has 0 fully saturated rings. The van der Waals surface area contributed by atoms with Crippen LogP contribution in [0, 0.1) is 13.8 Å². The Labute approximate surface area is 88.0 Å². The maximum Gasteiger partial charge on any atom is 0.179 e. The van der Waals surface area contributed by atoms with Crippen LogP contribution in [0.15, 0.2) is 24.3 Å². The van der Waals surface area contributed by atoms with Gasteiger partial charge >= 0.3 is 0 Å². The van der Waals surface area contributed by atoms with Gasteiger partial charge < -0.3 is 10.2 Å². The third kappa shape index (κ3) is 1.84. The van der Waals surface area contributed by atoms with Gasteiger partial charge in [-0.15, -0.1) is 0 Å². The van der Waals surface area contributed by atoms with Crippen molar-refractivity contribution in [2.24, 2.45) is 0 Å². The molecule has 1 aromatic heterocycles. The van der Waals surface area contributed by atoms with Gasteiger partial charge in [0, 0.05) is 16.6 Å². The summed E-state index contributed by atoms with van der Waals surface area (Å²) in [5.41, 5.74) is 3.18. The molecular formula is C12H13NO2. The maximum absolute atomic E-state index is 9.26. The molecule has 0 unspecified atom stereocenters. The minimum absolute atomic E-state index is 0.515. The molecule has 2 aromatic rings. The van der Waals surface area contributed by atoms with Crippen molar-refractivity contribution in [3.05, 3.63) is 41.1 Å². The highest BCUT2D eigenvalue weighted by molar-refractivity contribution is 5.83. The Morgan fingerprint density at radius 2 is 1.87 bits per heavy atom. The summed E-state index contributed by atoms with van der Waals surface area (Å²) in [5, 5.41) is 19.3. The highest BCUT2D eigenvalue weighted by Crippen LogP contribution is 2.23. The van der Waals surface area contributed by atoms with E-state index in [1.165, 1.54) is 0 Å². The van der Waals surface area contributed by atoms with Crippen LogP contribution in [-0.4, -0.2) is 15.2 Å². The molecule has 0 bridgehead atoms. The van der Waals surface area contributed by atoms with Crippen LogP contribution in [-0.2, 0) is 0 Å². The fourth-order valence-electron chi connectivity index (χ4n) is 1.72. The number of hydrogen-bond acceptors (Lipinski definition) is 3. The van der Waals surface area contributed by atoms with E-state index in [-0.39, 0.29) is 0 Å². The summed E-state index contributed by atoms with van der Waals surface area (Å²) >= 11 is 0. The van der Waals surface area contributed by atoms with Crippen molar-refractivity contribution in [1.82, 2.24) is 4.98 Å². The van der Waals surface area contributed by atoms with Crippen LogP contribution in [0.3, 0.4) is 0 Å². The van der Waals surface area contributed by atoms with Crippen molar-refractivity contribution >= 4 is 10.9 Å². The molecule has 0 aliphatic heterocycles. The summed E-state index contributed by atoms with van der Waals surface area (Å²) < 4.78 is 0. The Morgan fingerprint density at radius 3 is 2.53 bits per heavy atom. The molecule has 2 rings (SSSR count). The van der Waals surface area contributed by atoms with Crippen LogP contribution < -0.4 is 0 Å². The highest BCUT2D eigenvalue weighted by atomic mass is 16.5. The molecule has 15 heavy (non-hydrogen) atoms. The lowest BCUT2D eigenvalue weighted by molar-refractivity contribution is -0.0413. The van der Waals surface area contributed by atoms with E-state index in [4.69, 9.17) is 0 Å². The van der Waals surface area contributed by atoms with E-state index in [0.717, 1.165) is 22.2 Å². The van der Waals surface area contributed by atoms with E-state index in [0.29, 0.717) is 5.56 Å². The molecule has 0 spiro atoms. The first kappa shape index (κ1) is 10.1. The molecule has 1 heterocycles. The number of rotatable bonds is 1. The van der Waals surface area contributed by atoms with Crippen molar-refractivity contribution in [1.29, 1.82) is 0 Å². The number of pyridine rings is 1. The molecule has 78 valence electrons. The molecule has 2 N–H and O–H groups in total. The minimum atomic E-state index is -1.45. The minimum Gasteiger partial charge on any atom is -0.364 e. The van der Waals surface area contributed by atoms with Crippen LogP contribution in [0.2, 0.25) is 0 Å². The molecular weight excluding hydrogens is 190 g/mol. The van der Waals surface area contributed by atoms with E-state index in [1.807, 2.05) is 32.0 Å². The number of benzene rings is 1. The first-order valence-corrected chi connectivity index (χ1v) is 4.82. The van der Waals surface area contributed by atoms with E-state index in [1.54, 1.807) is 6.07 Å². The van der Waals surface area contributed by atoms with Crippen molar-refractivity contribution in [2.45, 2.75) is 20.1 Å². The van der Waals surface area contributed by atoms with Gasteiger partial charge in [-0.05, 0) is 32.0 Å². The summed E-state index contributed by atoms with van der Waals surface area (Å²) in [4.78, 5) is 4.34. The third-order valence-electron chi connectivity index (χ3n) is 2.40. The second kappa shape index (κ2) is 3.61. The fourth-order valence-corrected chi connectivity index (χ4v) is 1.72. The zero-order chi connectivity index (χ0) is 11.0. The van der Waals surface area contributed by atoms with Gasteiger partial charge in [0.05, 0.1) is 5.52 Å². The highest BCUT2D eigenvalue weighted by Gasteiger charge is 2.09. The van der Waals surface area contributed by atoms with Crippen LogP contribution in [0.4, 0.5) is 0 Å². The van der Waals surface area contributed by atoms with Crippen LogP contribution in [0.25, 0.3) is 10.9 Å². The summed E-state index contributed by atoms with van der Waals surface area (Å²) in [6.07, 6.45) is -1.45. The Kier molecular flexibility index (Phi) is 2.42. The van der Waals surface area contributed by atoms with E-state index >= 15 is 0 Å². The van der Waals surface area contributed by atoms with Crippen LogP contribution in [0.1, 0.15) is 23.1 Å². The maximum atomic E-state index is 9.26. The predicted octanol–water partition coefficient (Wildman–Crippen LogP) is 1.83. The molecule has 0 saturated heterocycles. The summed E-state index contributed by atoms with van der Waals surface area (Å²) in [6.45, 7) is 3.80. The van der Waals surface area contributed by atoms with Gasteiger partial charge in [0.15, 0.2) is 6.29 Å². The normalized spacial score (nSPS) is 11.3. The molecule has 0 radical (unpaired) electrons. The van der Waals surface area contributed by atoms with Crippen LogP contribution >= 0.6 is 0 Å². The molecule has 3 heteroatoms. The van der Waals surface area contributed by atoms with E-state index in [9.17, 15) is 10.2 Å². The molecule has 0 atom stereocenters. The Morgan fingerprint density at radius 1 is 1.13 bits per heavy atom. The van der Waals surface area contributed by atoms with Crippen LogP contribution in [0.5, 0.6) is 0 Å². The number of fused-ring (bicyclic) bond motifs is 1. The Balaban J connectivity index is 2.81. The zero-order valence-electron chi connectivity index (χ0n) is 8.73. The lowest BCUT2D eigenvalue weighted by atomic mass is 10.1. The molecule has 0 aliphatic rings. The lowest BCUT2D eigenvalue weighted by Gasteiger charge is -2.09. The van der Waals surface area contributed by atoms with Crippen molar-refractivity contribution in [3.63, 3.8) is 0 Å². The van der Waals surface area contributed by atoms with E-state index < -0.39 is 6.29 Å². The second-order valence-electron chi connectivity index (χ2n) is 3.75. The van der Waals surface area contributed by atoms with Crippen molar-refractivity contribution < 1.29 is 10.2 Å². The van der Waals surface area contributed by atoms with Crippen molar-refractivity contribution in [2.75, 3.05) is 0 Å². The summed E-state index contributed by atoms with van der Waals surface area (Å²) in [5.74, 6) is 0. The summed E-state index contributed by atoms with van der Waals surface area (Å²) in [6, 6.07) is 7.47. The number of aromatic nitrogens is 1. The predicted molar refractivity (Wildman–Crippen MR) is 58.4 cm³/mol. The number of nitrogens with zero attached hydrogens (tertiary/aromatic N) is 1. The molecule has 1 aromatic carbocycles. The zero-order valence-corrected chi connectivity index (χ0v) is 8.73. The second-order valence-corrected chi connectivity index (χ2v) is 3.75. The van der Waals surface area contributed by atoms with Gasteiger partial charge in [0.1, 0.15) is 0 Å². The SMILES string of the molecule is Cc1ccc2nc(C)cc(C(O)O)c2c1. The van der Waals surface area contributed by atoms with Crippen molar-refractivity contribution in [3.8, 4) is 0 Å². The topological polar surface area (TPSA) is 53.4 Å².